The first-order valence-electron chi connectivity index (χ1n) is 11.8. The van der Waals surface area contributed by atoms with Crippen LogP contribution in [0.25, 0.3) is 0 Å². The zero-order valence-electron chi connectivity index (χ0n) is 19.8. The Morgan fingerprint density at radius 1 is 1.18 bits per heavy atom. The largest absolute Gasteiger partial charge is 0.342 e. The lowest BCUT2D eigenvalue weighted by Gasteiger charge is -2.51. The van der Waals surface area contributed by atoms with Crippen molar-refractivity contribution in [3.63, 3.8) is 0 Å². The van der Waals surface area contributed by atoms with Crippen molar-refractivity contribution < 1.29 is 14.4 Å². The highest BCUT2D eigenvalue weighted by Crippen LogP contribution is 2.36. The molecule has 4 amide bonds. The summed E-state index contributed by atoms with van der Waals surface area (Å²) in [5.41, 5.74) is 0.972. The highest BCUT2D eigenvalue weighted by molar-refractivity contribution is 9.11. The van der Waals surface area contributed by atoms with Crippen molar-refractivity contribution in [2.24, 2.45) is 5.92 Å². The van der Waals surface area contributed by atoms with Gasteiger partial charge < -0.3 is 20.4 Å². The SMILES string of the molecule is CCCN1C(=O)C(CC(C)C)NC(=O)C12CCN(C(=O)Nc1c(Br)cc(CC)cc1Br)CC2. The van der Waals surface area contributed by atoms with Gasteiger partial charge in [-0.1, -0.05) is 27.7 Å². The molecular weight excluding hydrogens is 552 g/mol. The van der Waals surface area contributed by atoms with Crippen LogP contribution in [0, 0.1) is 5.92 Å². The predicted octanol–water partition coefficient (Wildman–Crippen LogP) is 4.92. The number of hydrogen-bond donors (Lipinski definition) is 2. The first-order chi connectivity index (χ1) is 15.6. The van der Waals surface area contributed by atoms with Crippen LogP contribution in [-0.2, 0) is 16.0 Å². The summed E-state index contributed by atoms with van der Waals surface area (Å²) < 4.78 is 1.64. The number of amides is 4. The Morgan fingerprint density at radius 2 is 1.79 bits per heavy atom. The van der Waals surface area contributed by atoms with E-state index < -0.39 is 11.6 Å². The summed E-state index contributed by atoms with van der Waals surface area (Å²) in [4.78, 5) is 43.1. The van der Waals surface area contributed by atoms with E-state index >= 15 is 0 Å². The number of nitrogens with zero attached hydrogens (tertiary/aromatic N) is 2. The third-order valence-corrected chi connectivity index (χ3v) is 7.83. The number of urea groups is 1. The summed E-state index contributed by atoms with van der Waals surface area (Å²) in [6.07, 6.45) is 3.19. The smallest absolute Gasteiger partial charge is 0.321 e. The molecule has 1 atom stereocenters. The van der Waals surface area contributed by atoms with Crippen molar-refractivity contribution in [1.29, 1.82) is 0 Å². The standard InChI is InChI=1S/C24H34Br2N4O3/c1-5-9-30-21(31)19(12-15(3)4)27-22(32)24(30)7-10-29(11-8-24)23(33)28-20-17(25)13-16(6-2)14-18(20)26/h13-15,19H,5-12H2,1-4H3,(H,27,32)(H,28,33). The molecular formula is C24H34Br2N4O3. The van der Waals surface area contributed by atoms with Crippen molar-refractivity contribution in [3.05, 3.63) is 26.6 Å². The summed E-state index contributed by atoms with van der Waals surface area (Å²) in [5, 5.41) is 5.98. The number of carbonyl (C=O) groups excluding carboxylic acids is 3. The van der Waals surface area contributed by atoms with Crippen LogP contribution in [0.5, 0.6) is 0 Å². The second-order valence-electron chi connectivity index (χ2n) is 9.38. The number of benzene rings is 1. The molecule has 1 unspecified atom stereocenters. The Balaban J connectivity index is 1.72. The van der Waals surface area contributed by atoms with Crippen LogP contribution in [-0.4, -0.2) is 58.9 Å². The van der Waals surface area contributed by atoms with Crippen LogP contribution in [0.2, 0.25) is 0 Å². The van der Waals surface area contributed by atoms with Crippen LogP contribution in [0.1, 0.15) is 58.9 Å². The maximum atomic E-state index is 13.3. The molecule has 0 aromatic heterocycles. The zero-order valence-corrected chi connectivity index (χ0v) is 23.0. The van der Waals surface area contributed by atoms with Crippen molar-refractivity contribution in [2.45, 2.75) is 71.4 Å². The van der Waals surface area contributed by atoms with E-state index in [0.717, 1.165) is 27.4 Å². The molecule has 3 rings (SSSR count). The number of halogens is 2. The van der Waals surface area contributed by atoms with Gasteiger partial charge in [-0.15, -0.1) is 0 Å². The molecule has 2 heterocycles. The lowest BCUT2D eigenvalue weighted by molar-refractivity contribution is -0.161. The van der Waals surface area contributed by atoms with Gasteiger partial charge in [0.1, 0.15) is 11.6 Å². The Labute approximate surface area is 213 Å². The number of rotatable bonds is 6. The molecule has 2 saturated heterocycles. The van der Waals surface area contributed by atoms with Gasteiger partial charge in [0, 0.05) is 28.6 Å². The molecule has 1 aromatic carbocycles. The zero-order chi connectivity index (χ0) is 24.3. The predicted molar refractivity (Wildman–Crippen MR) is 137 cm³/mol. The van der Waals surface area contributed by atoms with Crippen LogP contribution in [0.3, 0.4) is 0 Å². The molecule has 1 aromatic rings. The molecule has 2 fully saturated rings. The van der Waals surface area contributed by atoms with E-state index in [0.29, 0.717) is 50.5 Å². The molecule has 0 saturated carbocycles. The molecule has 182 valence electrons. The number of carbonyl (C=O) groups is 3. The molecule has 2 aliphatic rings. The van der Waals surface area contributed by atoms with Gasteiger partial charge >= 0.3 is 6.03 Å². The molecule has 2 aliphatic heterocycles. The Bertz CT molecular complexity index is 890. The van der Waals surface area contributed by atoms with Gasteiger partial charge in [0.15, 0.2) is 0 Å². The fourth-order valence-electron chi connectivity index (χ4n) is 4.77. The Morgan fingerprint density at radius 3 is 2.30 bits per heavy atom. The van der Waals surface area contributed by atoms with Crippen LogP contribution in [0.4, 0.5) is 10.5 Å². The molecule has 9 heteroatoms. The summed E-state index contributed by atoms with van der Waals surface area (Å²) in [7, 11) is 0. The van der Waals surface area contributed by atoms with E-state index in [1.807, 2.05) is 19.1 Å². The normalized spacial score (nSPS) is 20.4. The van der Waals surface area contributed by atoms with E-state index in [2.05, 4.69) is 63.3 Å². The maximum absolute atomic E-state index is 13.3. The second-order valence-corrected chi connectivity index (χ2v) is 11.1. The average Bonchev–Trinajstić information content (AvgIpc) is 2.77. The highest BCUT2D eigenvalue weighted by atomic mass is 79.9. The van der Waals surface area contributed by atoms with Gasteiger partial charge in [-0.05, 0) is 87.6 Å². The summed E-state index contributed by atoms with van der Waals surface area (Å²) in [6, 6.07) is 3.33. The summed E-state index contributed by atoms with van der Waals surface area (Å²) >= 11 is 7.10. The molecule has 7 nitrogen and oxygen atoms in total. The van der Waals surface area contributed by atoms with Crippen molar-refractivity contribution in [2.75, 3.05) is 25.0 Å². The highest BCUT2D eigenvalue weighted by Gasteiger charge is 2.53. The van der Waals surface area contributed by atoms with E-state index in [9.17, 15) is 14.4 Å². The number of likely N-dealkylation sites (tertiary alicyclic amines) is 1. The Hall–Kier alpha value is -1.61. The van der Waals surface area contributed by atoms with Gasteiger partial charge in [-0.25, -0.2) is 4.79 Å². The van der Waals surface area contributed by atoms with E-state index in [-0.39, 0.29) is 17.8 Å². The van der Waals surface area contributed by atoms with Crippen molar-refractivity contribution in [3.8, 4) is 0 Å². The molecule has 33 heavy (non-hydrogen) atoms. The van der Waals surface area contributed by atoms with Crippen molar-refractivity contribution in [1.82, 2.24) is 15.1 Å². The van der Waals surface area contributed by atoms with Gasteiger partial charge in [-0.3, -0.25) is 9.59 Å². The fourth-order valence-corrected chi connectivity index (χ4v) is 6.25. The number of hydrogen-bond acceptors (Lipinski definition) is 3. The topological polar surface area (TPSA) is 81.8 Å². The van der Waals surface area contributed by atoms with Crippen LogP contribution in [0.15, 0.2) is 21.1 Å². The van der Waals surface area contributed by atoms with Crippen LogP contribution >= 0.6 is 31.9 Å². The van der Waals surface area contributed by atoms with Gasteiger partial charge in [0.25, 0.3) is 0 Å². The molecule has 0 aliphatic carbocycles. The van der Waals surface area contributed by atoms with Gasteiger partial charge in [0.05, 0.1) is 5.69 Å². The minimum absolute atomic E-state index is 0.00641. The lowest BCUT2D eigenvalue weighted by atomic mass is 9.81. The summed E-state index contributed by atoms with van der Waals surface area (Å²) in [5.74, 6) is 0.237. The number of anilines is 1. The number of aryl methyl sites for hydroxylation is 1. The average molecular weight is 586 g/mol. The molecule has 0 bridgehead atoms. The maximum Gasteiger partial charge on any atom is 0.321 e. The molecule has 2 N–H and O–H groups in total. The summed E-state index contributed by atoms with van der Waals surface area (Å²) in [6.45, 7) is 9.57. The minimum Gasteiger partial charge on any atom is -0.342 e. The van der Waals surface area contributed by atoms with E-state index in [1.165, 1.54) is 0 Å². The molecule has 0 radical (unpaired) electrons. The molecule has 1 spiro atoms. The van der Waals surface area contributed by atoms with E-state index in [1.54, 1.807) is 9.80 Å². The van der Waals surface area contributed by atoms with Gasteiger partial charge in [-0.2, -0.15) is 0 Å². The second kappa shape index (κ2) is 10.8. The third-order valence-electron chi connectivity index (χ3n) is 6.58. The Kier molecular flexibility index (Phi) is 8.48. The van der Waals surface area contributed by atoms with Crippen LogP contribution < -0.4 is 10.6 Å². The third kappa shape index (κ3) is 5.39. The minimum atomic E-state index is -0.874. The fraction of sp³-hybridized carbons (Fsp3) is 0.625. The van der Waals surface area contributed by atoms with E-state index in [4.69, 9.17) is 0 Å². The number of nitrogens with one attached hydrogen (secondary N) is 2. The number of piperidine rings is 1. The lowest BCUT2D eigenvalue weighted by Crippen LogP contribution is -2.73. The van der Waals surface area contributed by atoms with Gasteiger partial charge in [0.2, 0.25) is 11.8 Å². The van der Waals surface area contributed by atoms with Crippen molar-refractivity contribution >= 4 is 55.4 Å². The quantitative estimate of drug-likeness (QED) is 0.497. The first-order valence-corrected chi connectivity index (χ1v) is 13.4. The first kappa shape index (κ1) is 26.0. The number of piperazine rings is 1. The monoisotopic (exact) mass is 584 g/mol.